The number of carbonyl (C=O) groups is 3. The Morgan fingerprint density at radius 1 is 0.955 bits per heavy atom. The normalized spacial score (nSPS) is 9.86. The van der Waals surface area contributed by atoms with E-state index in [-0.39, 0.29) is 23.9 Å². The molecule has 5 heteroatoms. The standard InChI is InChI=1S/C17H15NO4/c1-12(19)11-22-17(21)14-8-5-9-15(10-14)18-16(20)13-6-3-2-4-7-13/h2-10H,11H2,1H3,(H,18,20). The van der Waals surface area contributed by atoms with Gasteiger partial charge in [-0.1, -0.05) is 24.3 Å². The van der Waals surface area contributed by atoms with E-state index in [1.807, 2.05) is 6.07 Å². The third-order valence-electron chi connectivity index (χ3n) is 2.80. The monoisotopic (exact) mass is 297 g/mol. The molecule has 0 unspecified atom stereocenters. The third kappa shape index (κ3) is 4.28. The Bertz CT molecular complexity index is 695. The van der Waals surface area contributed by atoms with Crippen LogP contribution in [0.2, 0.25) is 0 Å². The van der Waals surface area contributed by atoms with Gasteiger partial charge in [0.2, 0.25) is 0 Å². The molecule has 22 heavy (non-hydrogen) atoms. The van der Waals surface area contributed by atoms with E-state index < -0.39 is 5.97 Å². The van der Waals surface area contributed by atoms with Crippen LogP contribution in [0.1, 0.15) is 27.6 Å². The molecule has 2 aromatic carbocycles. The summed E-state index contributed by atoms with van der Waals surface area (Å²) in [6.07, 6.45) is 0. The lowest BCUT2D eigenvalue weighted by atomic mass is 10.1. The molecule has 0 spiro atoms. The number of ketones is 1. The largest absolute Gasteiger partial charge is 0.454 e. The zero-order valence-corrected chi connectivity index (χ0v) is 12.0. The fourth-order valence-electron chi connectivity index (χ4n) is 1.77. The van der Waals surface area contributed by atoms with E-state index in [0.717, 1.165) is 0 Å². The molecule has 0 aromatic heterocycles. The topological polar surface area (TPSA) is 72.5 Å². The van der Waals surface area contributed by atoms with Crippen LogP contribution in [-0.2, 0) is 9.53 Å². The molecular formula is C17H15NO4. The number of anilines is 1. The van der Waals surface area contributed by atoms with E-state index in [4.69, 9.17) is 4.74 Å². The molecule has 0 aliphatic rings. The second kappa shape index (κ2) is 7.17. The van der Waals surface area contributed by atoms with Crippen molar-refractivity contribution in [1.29, 1.82) is 0 Å². The first kappa shape index (κ1) is 15.4. The fraction of sp³-hybridized carbons (Fsp3) is 0.118. The molecule has 0 radical (unpaired) electrons. The Labute approximate surface area is 127 Å². The summed E-state index contributed by atoms with van der Waals surface area (Å²) in [6.45, 7) is 1.07. The highest BCUT2D eigenvalue weighted by Gasteiger charge is 2.10. The predicted molar refractivity (Wildman–Crippen MR) is 81.8 cm³/mol. The van der Waals surface area contributed by atoms with E-state index in [0.29, 0.717) is 11.3 Å². The van der Waals surface area contributed by atoms with Gasteiger partial charge >= 0.3 is 5.97 Å². The van der Waals surface area contributed by atoms with Gasteiger partial charge in [0.1, 0.15) is 6.61 Å². The molecule has 112 valence electrons. The first-order valence-electron chi connectivity index (χ1n) is 6.69. The van der Waals surface area contributed by atoms with Crippen LogP contribution in [0, 0.1) is 0 Å². The Morgan fingerprint density at radius 2 is 1.64 bits per heavy atom. The summed E-state index contributed by atoms with van der Waals surface area (Å²) >= 11 is 0. The van der Waals surface area contributed by atoms with Crippen molar-refractivity contribution in [1.82, 2.24) is 0 Å². The summed E-state index contributed by atoms with van der Waals surface area (Å²) in [7, 11) is 0. The van der Waals surface area contributed by atoms with Crippen molar-refractivity contribution in [2.45, 2.75) is 6.92 Å². The van der Waals surface area contributed by atoms with E-state index in [2.05, 4.69) is 5.32 Å². The van der Waals surface area contributed by atoms with Crippen molar-refractivity contribution in [3.8, 4) is 0 Å². The van der Waals surface area contributed by atoms with Gasteiger partial charge in [0.25, 0.3) is 5.91 Å². The summed E-state index contributed by atoms with van der Waals surface area (Å²) in [5.74, 6) is -1.11. The van der Waals surface area contributed by atoms with E-state index in [1.165, 1.54) is 13.0 Å². The maximum Gasteiger partial charge on any atom is 0.338 e. The Balaban J connectivity index is 2.07. The maximum absolute atomic E-state index is 12.0. The van der Waals surface area contributed by atoms with Crippen molar-refractivity contribution in [3.63, 3.8) is 0 Å². The molecule has 1 N–H and O–H groups in total. The van der Waals surface area contributed by atoms with Crippen LogP contribution in [0.15, 0.2) is 54.6 Å². The number of ether oxygens (including phenoxy) is 1. The minimum Gasteiger partial charge on any atom is -0.454 e. The molecule has 2 rings (SSSR count). The number of Topliss-reactive ketones (excluding diaryl/α,β-unsaturated/α-hetero) is 1. The lowest BCUT2D eigenvalue weighted by Crippen LogP contribution is -2.14. The van der Waals surface area contributed by atoms with Crippen molar-refractivity contribution >= 4 is 23.3 Å². The van der Waals surface area contributed by atoms with Crippen LogP contribution >= 0.6 is 0 Å². The van der Waals surface area contributed by atoms with Crippen LogP contribution < -0.4 is 5.32 Å². The molecule has 0 aliphatic carbocycles. The van der Waals surface area contributed by atoms with Crippen LogP contribution in [-0.4, -0.2) is 24.3 Å². The molecule has 0 bridgehead atoms. The van der Waals surface area contributed by atoms with Gasteiger partial charge in [-0.2, -0.15) is 0 Å². The van der Waals surface area contributed by atoms with Crippen molar-refractivity contribution < 1.29 is 19.1 Å². The second-order valence-electron chi connectivity index (χ2n) is 4.68. The molecule has 0 heterocycles. The van der Waals surface area contributed by atoms with E-state index in [9.17, 15) is 14.4 Å². The van der Waals surface area contributed by atoms with Gasteiger partial charge in [-0.25, -0.2) is 4.79 Å². The van der Waals surface area contributed by atoms with Gasteiger partial charge in [-0.15, -0.1) is 0 Å². The lowest BCUT2D eigenvalue weighted by Gasteiger charge is -2.07. The smallest absolute Gasteiger partial charge is 0.338 e. The highest BCUT2D eigenvalue weighted by atomic mass is 16.5. The summed E-state index contributed by atoms with van der Waals surface area (Å²) < 4.78 is 4.83. The number of nitrogens with one attached hydrogen (secondary N) is 1. The third-order valence-corrected chi connectivity index (χ3v) is 2.80. The minimum atomic E-state index is -0.606. The van der Waals surface area contributed by atoms with Crippen LogP contribution in [0.4, 0.5) is 5.69 Å². The first-order valence-corrected chi connectivity index (χ1v) is 6.69. The van der Waals surface area contributed by atoms with Gasteiger partial charge < -0.3 is 10.1 Å². The molecule has 0 saturated heterocycles. The Hall–Kier alpha value is -2.95. The molecule has 0 saturated carbocycles. The number of carbonyl (C=O) groups excluding carboxylic acids is 3. The zero-order chi connectivity index (χ0) is 15.9. The second-order valence-corrected chi connectivity index (χ2v) is 4.68. The van der Waals surface area contributed by atoms with Crippen LogP contribution in [0.25, 0.3) is 0 Å². The molecule has 0 aliphatic heterocycles. The summed E-state index contributed by atoms with van der Waals surface area (Å²) in [5, 5.41) is 2.70. The van der Waals surface area contributed by atoms with Gasteiger partial charge in [-0.05, 0) is 37.3 Å². The lowest BCUT2D eigenvalue weighted by molar-refractivity contribution is -0.120. The minimum absolute atomic E-state index is 0.234. The Kier molecular flexibility index (Phi) is 5.03. The summed E-state index contributed by atoms with van der Waals surface area (Å²) in [4.78, 5) is 34.6. The number of esters is 1. The molecular weight excluding hydrogens is 282 g/mol. The average Bonchev–Trinajstić information content (AvgIpc) is 2.53. The molecule has 5 nitrogen and oxygen atoms in total. The highest BCUT2D eigenvalue weighted by molar-refractivity contribution is 6.04. The highest BCUT2D eigenvalue weighted by Crippen LogP contribution is 2.13. The zero-order valence-electron chi connectivity index (χ0n) is 12.0. The molecule has 2 aromatic rings. The van der Waals surface area contributed by atoms with Crippen molar-refractivity contribution in [2.75, 3.05) is 11.9 Å². The van der Waals surface area contributed by atoms with Gasteiger partial charge in [0, 0.05) is 11.3 Å². The SMILES string of the molecule is CC(=O)COC(=O)c1cccc(NC(=O)c2ccccc2)c1. The summed E-state index contributed by atoms with van der Waals surface area (Å²) in [5.41, 5.74) is 1.27. The first-order chi connectivity index (χ1) is 10.6. The van der Waals surface area contributed by atoms with Gasteiger partial charge in [0.05, 0.1) is 5.56 Å². The van der Waals surface area contributed by atoms with Gasteiger partial charge in [-0.3, -0.25) is 9.59 Å². The predicted octanol–water partition coefficient (Wildman–Crippen LogP) is 2.68. The Morgan fingerprint density at radius 3 is 2.32 bits per heavy atom. The summed E-state index contributed by atoms with van der Waals surface area (Å²) in [6, 6.07) is 15.1. The number of hydrogen-bond acceptors (Lipinski definition) is 4. The molecule has 0 fully saturated rings. The molecule has 1 amide bonds. The van der Waals surface area contributed by atoms with Crippen molar-refractivity contribution in [2.24, 2.45) is 0 Å². The average molecular weight is 297 g/mol. The quantitative estimate of drug-likeness (QED) is 0.861. The van der Waals surface area contributed by atoms with Crippen LogP contribution in [0.3, 0.4) is 0 Å². The number of amides is 1. The number of rotatable bonds is 5. The van der Waals surface area contributed by atoms with Gasteiger partial charge in [0.15, 0.2) is 5.78 Å². The van der Waals surface area contributed by atoms with Crippen molar-refractivity contribution in [3.05, 3.63) is 65.7 Å². The van der Waals surface area contributed by atoms with E-state index in [1.54, 1.807) is 42.5 Å². The molecule has 0 atom stereocenters. The maximum atomic E-state index is 12.0. The van der Waals surface area contributed by atoms with E-state index >= 15 is 0 Å². The number of hydrogen-bond donors (Lipinski definition) is 1. The fourth-order valence-corrected chi connectivity index (χ4v) is 1.77. The van der Waals surface area contributed by atoms with Crippen LogP contribution in [0.5, 0.6) is 0 Å². The number of benzene rings is 2.